The highest BCUT2D eigenvalue weighted by atomic mass is 32.2. The number of rotatable bonds is 6. The average Bonchev–Trinajstić information content (AvgIpc) is 2.62. The SMILES string of the molecule is CCOC(=O)C(C#N)=C(CC(=C(C#N)C#N)c1ccccc1)SC. The van der Waals surface area contributed by atoms with Crippen LogP contribution < -0.4 is 0 Å². The molecular weight excluding hydrogens is 322 g/mol. The zero-order valence-corrected chi connectivity index (χ0v) is 14.2. The third-order valence-corrected chi connectivity index (χ3v) is 3.94. The second-order valence-corrected chi connectivity index (χ2v) is 5.36. The molecule has 0 bridgehead atoms. The maximum atomic E-state index is 11.9. The fourth-order valence-electron chi connectivity index (χ4n) is 1.98. The molecule has 120 valence electrons. The molecule has 24 heavy (non-hydrogen) atoms. The van der Waals surface area contributed by atoms with Gasteiger partial charge in [0.05, 0.1) is 6.61 Å². The van der Waals surface area contributed by atoms with Crippen molar-refractivity contribution < 1.29 is 9.53 Å². The van der Waals surface area contributed by atoms with Crippen molar-refractivity contribution >= 4 is 23.3 Å². The Kier molecular flexibility index (Phi) is 7.85. The molecule has 1 aromatic rings. The highest BCUT2D eigenvalue weighted by Gasteiger charge is 2.19. The van der Waals surface area contributed by atoms with Crippen LogP contribution in [0.3, 0.4) is 0 Å². The molecule has 0 N–H and O–H groups in total. The van der Waals surface area contributed by atoms with Gasteiger partial charge >= 0.3 is 5.97 Å². The molecule has 0 aromatic heterocycles. The van der Waals surface area contributed by atoms with Crippen molar-refractivity contribution in [3.63, 3.8) is 0 Å². The van der Waals surface area contributed by atoms with Gasteiger partial charge in [0.1, 0.15) is 29.4 Å². The van der Waals surface area contributed by atoms with E-state index in [0.29, 0.717) is 16.0 Å². The maximum Gasteiger partial charge on any atom is 0.349 e. The number of nitrogens with zero attached hydrogens (tertiary/aromatic N) is 3. The van der Waals surface area contributed by atoms with E-state index in [0.717, 1.165) is 0 Å². The van der Waals surface area contributed by atoms with E-state index in [9.17, 15) is 20.6 Å². The Morgan fingerprint density at radius 1 is 1.12 bits per heavy atom. The summed E-state index contributed by atoms with van der Waals surface area (Å²) in [5.41, 5.74) is 1.02. The van der Waals surface area contributed by atoms with Crippen LogP contribution in [0.1, 0.15) is 18.9 Å². The number of carbonyl (C=O) groups is 1. The number of thioether (sulfide) groups is 1. The van der Waals surface area contributed by atoms with Crippen LogP contribution in [0.5, 0.6) is 0 Å². The lowest BCUT2D eigenvalue weighted by Crippen LogP contribution is -2.08. The molecule has 0 unspecified atom stereocenters. The van der Waals surface area contributed by atoms with E-state index in [2.05, 4.69) is 0 Å². The van der Waals surface area contributed by atoms with Gasteiger partial charge in [-0.3, -0.25) is 0 Å². The lowest BCUT2D eigenvalue weighted by molar-refractivity contribution is -0.138. The lowest BCUT2D eigenvalue weighted by atomic mass is 9.96. The van der Waals surface area contributed by atoms with Gasteiger partial charge in [0.25, 0.3) is 0 Å². The maximum absolute atomic E-state index is 11.9. The lowest BCUT2D eigenvalue weighted by Gasteiger charge is -2.12. The number of carbonyl (C=O) groups excluding carboxylic acids is 1. The summed E-state index contributed by atoms with van der Waals surface area (Å²) in [6.45, 7) is 1.82. The molecule has 0 aliphatic heterocycles. The van der Waals surface area contributed by atoms with Crippen molar-refractivity contribution in [2.45, 2.75) is 13.3 Å². The van der Waals surface area contributed by atoms with Gasteiger partial charge in [-0.05, 0) is 24.3 Å². The van der Waals surface area contributed by atoms with E-state index < -0.39 is 5.97 Å². The zero-order chi connectivity index (χ0) is 17.9. The van der Waals surface area contributed by atoms with E-state index in [1.807, 2.05) is 24.3 Å². The van der Waals surface area contributed by atoms with Crippen molar-refractivity contribution in [2.75, 3.05) is 12.9 Å². The standard InChI is InChI=1S/C18H15N3O2S/c1-3-23-18(22)16(12-21)17(24-2)9-15(14(10-19)11-20)13-7-5-4-6-8-13/h4-8H,3,9H2,1-2H3. The molecule has 1 rings (SSSR count). The predicted molar refractivity (Wildman–Crippen MR) is 92.0 cm³/mol. The Morgan fingerprint density at radius 3 is 2.21 bits per heavy atom. The average molecular weight is 337 g/mol. The summed E-state index contributed by atoms with van der Waals surface area (Å²) in [6.07, 6.45) is 1.86. The summed E-state index contributed by atoms with van der Waals surface area (Å²) in [5, 5.41) is 27.7. The predicted octanol–water partition coefficient (Wildman–Crippen LogP) is 3.58. The summed E-state index contributed by atoms with van der Waals surface area (Å²) in [4.78, 5) is 12.4. The second kappa shape index (κ2) is 9.90. The molecule has 0 saturated carbocycles. The molecule has 5 nitrogen and oxygen atoms in total. The first-order valence-corrected chi connectivity index (χ1v) is 8.28. The van der Waals surface area contributed by atoms with Crippen LogP contribution in [-0.4, -0.2) is 18.8 Å². The number of esters is 1. The van der Waals surface area contributed by atoms with Gasteiger partial charge in [0.15, 0.2) is 0 Å². The molecule has 0 saturated heterocycles. The Balaban J connectivity index is 3.45. The van der Waals surface area contributed by atoms with Crippen LogP contribution >= 0.6 is 11.8 Å². The Hall–Kier alpha value is -3.01. The summed E-state index contributed by atoms with van der Waals surface area (Å²) in [5.74, 6) is -0.702. The minimum atomic E-state index is -0.702. The number of benzene rings is 1. The first-order valence-electron chi connectivity index (χ1n) is 7.06. The molecule has 0 radical (unpaired) electrons. The van der Waals surface area contributed by atoms with E-state index >= 15 is 0 Å². The molecule has 0 aliphatic rings. The Morgan fingerprint density at radius 2 is 1.75 bits per heavy atom. The molecule has 0 heterocycles. The first-order chi connectivity index (χ1) is 11.6. The quantitative estimate of drug-likeness (QED) is 0.447. The Labute approximate surface area is 145 Å². The summed E-state index contributed by atoms with van der Waals surface area (Å²) >= 11 is 1.22. The minimum absolute atomic E-state index is 0.0473. The number of hydrogen-bond donors (Lipinski definition) is 0. The molecule has 0 amide bonds. The van der Waals surface area contributed by atoms with Crippen molar-refractivity contribution in [3.8, 4) is 18.2 Å². The number of ether oxygens (including phenoxy) is 1. The van der Waals surface area contributed by atoms with Crippen LogP contribution in [0, 0.1) is 34.0 Å². The van der Waals surface area contributed by atoms with Crippen LogP contribution in [0.4, 0.5) is 0 Å². The number of allylic oxidation sites excluding steroid dienone is 3. The second-order valence-electron chi connectivity index (χ2n) is 4.45. The van der Waals surface area contributed by atoms with Gasteiger partial charge in [0.2, 0.25) is 0 Å². The smallest absolute Gasteiger partial charge is 0.349 e. The van der Waals surface area contributed by atoms with E-state index in [1.165, 1.54) is 11.8 Å². The minimum Gasteiger partial charge on any atom is -0.462 e. The van der Waals surface area contributed by atoms with Crippen LogP contribution in [0.15, 0.2) is 46.4 Å². The van der Waals surface area contributed by atoms with Crippen molar-refractivity contribution in [1.29, 1.82) is 15.8 Å². The topological polar surface area (TPSA) is 97.7 Å². The van der Waals surface area contributed by atoms with E-state index in [-0.39, 0.29) is 24.2 Å². The fourth-order valence-corrected chi connectivity index (χ4v) is 2.60. The largest absolute Gasteiger partial charge is 0.462 e. The normalized spacial score (nSPS) is 10.5. The molecule has 0 aliphatic carbocycles. The van der Waals surface area contributed by atoms with Gasteiger partial charge in [-0.2, -0.15) is 15.8 Å². The summed E-state index contributed by atoms with van der Waals surface area (Å²) in [6, 6.07) is 14.6. The van der Waals surface area contributed by atoms with Gasteiger partial charge < -0.3 is 4.74 Å². The van der Waals surface area contributed by atoms with Gasteiger partial charge in [-0.15, -0.1) is 11.8 Å². The summed E-state index contributed by atoms with van der Waals surface area (Å²) < 4.78 is 4.90. The van der Waals surface area contributed by atoms with Crippen molar-refractivity contribution in [3.05, 3.63) is 51.9 Å². The van der Waals surface area contributed by atoms with Crippen LogP contribution in [-0.2, 0) is 9.53 Å². The van der Waals surface area contributed by atoms with Gasteiger partial charge in [-0.25, -0.2) is 4.79 Å². The van der Waals surface area contributed by atoms with Gasteiger partial charge in [0, 0.05) is 11.3 Å². The molecular formula is C18H15N3O2S. The monoisotopic (exact) mass is 337 g/mol. The third kappa shape index (κ3) is 4.74. The fraction of sp³-hybridized carbons (Fsp3) is 0.222. The van der Waals surface area contributed by atoms with Crippen LogP contribution in [0.25, 0.3) is 5.57 Å². The Bertz CT molecular complexity index is 774. The highest BCUT2D eigenvalue weighted by molar-refractivity contribution is 8.02. The van der Waals surface area contributed by atoms with Crippen molar-refractivity contribution in [2.24, 2.45) is 0 Å². The third-order valence-electron chi connectivity index (χ3n) is 3.10. The van der Waals surface area contributed by atoms with E-state index in [4.69, 9.17) is 4.74 Å². The van der Waals surface area contributed by atoms with Crippen LogP contribution in [0.2, 0.25) is 0 Å². The van der Waals surface area contributed by atoms with Gasteiger partial charge in [-0.1, -0.05) is 30.3 Å². The number of nitriles is 3. The zero-order valence-electron chi connectivity index (χ0n) is 13.4. The first kappa shape index (κ1) is 19.0. The molecule has 1 aromatic carbocycles. The molecule has 0 fully saturated rings. The molecule has 0 atom stereocenters. The molecule has 0 spiro atoms. The molecule has 6 heteroatoms. The van der Waals surface area contributed by atoms with Crippen molar-refractivity contribution in [1.82, 2.24) is 0 Å². The number of hydrogen-bond acceptors (Lipinski definition) is 6. The summed E-state index contributed by atoms with van der Waals surface area (Å²) in [7, 11) is 0. The van der Waals surface area contributed by atoms with E-state index in [1.54, 1.807) is 37.4 Å². The highest BCUT2D eigenvalue weighted by Crippen LogP contribution is 2.32.